The van der Waals surface area contributed by atoms with Crippen LogP contribution in [0.2, 0.25) is 0 Å². The first-order valence-corrected chi connectivity index (χ1v) is 14.2. The standard InChI is InChI=1S/C30H50O4/c1-16(2)18(4)27(5)14-23(27)17(3)21-8-9-22-26-24(32)13-19-12-20(31)10-11-29(19,7)30(26,34)25(33)15-28(21,22)6/h13,16-18,20-26,31-34H,8-12,14-15H2,1-7H3/t17-,18+,20-,21+,22-,23+,24-,25+,26+,27+,28+,29-,30+/m0/s1. The van der Waals surface area contributed by atoms with Crippen molar-refractivity contribution in [3.05, 3.63) is 11.6 Å². The van der Waals surface area contributed by atoms with Crippen LogP contribution in [-0.2, 0) is 0 Å². The van der Waals surface area contributed by atoms with Crippen molar-refractivity contribution in [2.75, 3.05) is 0 Å². The summed E-state index contributed by atoms with van der Waals surface area (Å²) in [5.41, 5.74) is -0.632. The molecule has 0 amide bonds. The monoisotopic (exact) mass is 474 g/mol. The molecule has 0 saturated heterocycles. The van der Waals surface area contributed by atoms with E-state index >= 15 is 0 Å². The predicted octanol–water partition coefficient (Wildman–Crippen LogP) is 4.94. The summed E-state index contributed by atoms with van der Waals surface area (Å²) < 4.78 is 0. The van der Waals surface area contributed by atoms with Crippen molar-refractivity contribution in [1.82, 2.24) is 0 Å². The summed E-state index contributed by atoms with van der Waals surface area (Å²) in [6.45, 7) is 16.5. The van der Waals surface area contributed by atoms with E-state index in [0.717, 1.165) is 24.3 Å². The van der Waals surface area contributed by atoms with E-state index in [0.29, 0.717) is 54.8 Å². The van der Waals surface area contributed by atoms with Gasteiger partial charge in [0.05, 0.1) is 18.3 Å². The van der Waals surface area contributed by atoms with Gasteiger partial charge in [0.1, 0.15) is 5.60 Å². The summed E-state index contributed by atoms with van der Waals surface area (Å²) in [6, 6.07) is 0. The SMILES string of the molecule is CC(C)[C@@H](C)[C@@]1(C)C[C@@H]1[C@@H](C)[C@H]1CC[C@H]2[C@@H]3[C@@H](O)C=C4C[C@@H](O)CC[C@]4(C)[C@@]3(O)[C@H](O)C[C@]12C. The summed E-state index contributed by atoms with van der Waals surface area (Å²) in [4.78, 5) is 0. The Morgan fingerprint density at radius 1 is 0.912 bits per heavy atom. The van der Waals surface area contributed by atoms with Gasteiger partial charge in [-0.15, -0.1) is 0 Å². The number of fused-ring (bicyclic) bond motifs is 5. The van der Waals surface area contributed by atoms with E-state index in [1.54, 1.807) is 0 Å². The largest absolute Gasteiger partial charge is 0.393 e. The molecule has 4 fully saturated rings. The molecule has 4 heteroatoms. The maximum absolute atomic E-state index is 12.4. The molecule has 4 N–H and O–H groups in total. The third-order valence-electron chi connectivity index (χ3n) is 13.0. The highest BCUT2D eigenvalue weighted by atomic mass is 16.3. The average Bonchev–Trinajstić information content (AvgIpc) is 3.34. The predicted molar refractivity (Wildman–Crippen MR) is 135 cm³/mol. The van der Waals surface area contributed by atoms with Crippen LogP contribution in [0.3, 0.4) is 0 Å². The summed E-state index contributed by atoms with van der Waals surface area (Å²) in [5, 5.41) is 45.8. The molecule has 194 valence electrons. The van der Waals surface area contributed by atoms with Crippen molar-refractivity contribution in [2.45, 2.75) is 117 Å². The minimum absolute atomic E-state index is 0.0723. The van der Waals surface area contributed by atoms with Crippen LogP contribution in [0.5, 0.6) is 0 Å². The minimum Gasteiger partial charge on any atom is -0.393 e. The van der Waals surface area contributed by atoms with Gasteiger partial charge in [0.2, 0.25) is 0 Å². The summed E-state index contributed by atoms with van der Waals surface area (Å²) in [5.74, 6) is 3.09. The highest BCUT2D eigenvalue weighted by Gasteiger charge is 2.72. The fourth-order valence-electron chi connectivity index (χ4n) is 10.4. The van der Waals surface area contributed by atoms with E-state index in [1.165, 1.54) is 6.42 Å². The maximum Gasteiger partial charge on any atom is 0.105 e. The van der Waals surface area contributed by atoms with Gasteiger partial charge in [-0.3, -0.25) is 0 Å². The van der Waals surface area contributed by atoms with Gasteiger partial charge in [0, 0.05) is 11.3 Å². The maximum atomic E-state index is 12.4. The molecule has 13 atom stereocenters. The highest BCUT2D eigenvalue weighted by Crippen LogP contribution is 2.72. The molecule has 0 heterocycles. The minimum atomic E-state index is -1.33. The van der Waals surface area contributed by atoms with Gasteiger partial charge in [-0.05, 0) is 91.3 Å². The summed E-state index contributed by atoms with van der Waals surface area (Å²) in [6.07, 6.45) is 5.76. The van der Waals surface area contributed by atoms with Crippen molar-refractivity contribution in [3.63, 3.8) is 0 Å². The van der Waals surface area contributed by atoms with Gasteiger partial charge < -0.3 is 20.4 Å². The van der Waals surface area contributed by atoms with Crippen LogP contribution in [0.25, 0.3) is 0 Å². The molecule has 0 aromatic rings. The van der Waals surface area contributed by atoms with Crippen molar-refractivity contribution < 1.29 is 20.4 Å². The lowest BCUT2D eigenvalue weighted by Gasteiger charge is -2.65. The smallest absolute Gasteiger partial charge is 0.105 e. The second-order valence-electron chi connectivity index (χ2n) is 14.5. The van der Waals surface area contributed by atoms with Gasteiger partial charge in [-0.2, -0.15) is 0 Å². The first-order valence-electron chi connectivity index (χ1n) is 14.2. The Morgan fingerprint density at radius 3 is 2.24 bits per heavy atom. The van der Waals surface area contributed by atoms with Crippen molar-refractivity contribution >= 4 is 0 Å². The normalized spacial score (nSPS) is 56.2. The van der Waals surface area contributed by atoms with E-state index in [2.05, 4.69) is 48.5 Å². The Labute approximate surface area is 207 Å². The lowest BCUT2D eigenvalue weighted by Crippen LogP contribution is -2.72. The van der Waals surface area contributed by atoms with Crippen LogP contribution in [-0.4, -0.2) is 44.3 Å². The molecule has 0 aromatic carbocycles. The zero-order valence-electron chi connectivity index (χ0n) is 22.6. The molecule has 0 spiro atoms. The Bertz CT molecular complexity index is 853. The molecule has 5 rings (SSSR count). The van der Waals surface area contributed by atoms with E-state index in [-0.39, 0.29) is 17.3 Å². The van der Waals surface area contributed by atoms with Gasteiger partial charge in [0.25, 0.3) is 0 Å². The van der Waals surface area contributed by atoms with E-state index in [4.69, 9.17) is 0 Å². The Balaban J connectivity index is 1.46. The lowest BCUT2D eigenvalue weighted by molar-refractivity contribution is -0.263. The van der Waals surface area contributed by atoms with Crippen LogP contribution >= 0.6 is 0 Å². The molecule has 0 aliphatic heterocycles. The van der Waals surface area contributed by atoms with Crippen LogP contribution < -0.4 is 0 Å². The Morgan fingerprint density at radius 2 is 1.59 bits per heavy atom. The quantitative estimate of drug-likeness (QED) is 0.435. The zero-order chi connectivity index (χ0) is 25.0. The Hall–Kier alpha value is -0.420. The zero-order valence-corrected chi connectivity index (χ0v) is 22.6. The number of aliphatic hydroxyl groups excluding tert-OH is 3. The van der Waals surface area contributed by atoms with Crippen molar-refractivity contribution in [3.8, 4) is 0 Å². The third kappa shape index (κ3) is 3.10. The topological polar surface area (TPSA) is 80.9 Å². The molecule has 5 aliphatic rings. The fourth-order valence-corrected chi connectivity index (χ4v) is 10.4. The van der Waals surface area contributed by atoms with Crippen LogP contribution in [0, 0.1) is 57.7 Å². The van der Waals surface area contributed by atoms with Crippen LogP contribution in [0.1, 0.15) is 93.4 Å². The molecule has 0 aromatic heterocycles. The van der Waals surface area contributed by atoms with Gasteiger partial charge >= 0.3 is 0 Å². The molecule has 0 radical (unpaired) electrons. The first-order chi connectivity index (χ1) is 15.7. The first kappa shape index (κ1) is 25.2. The third-order valence-corrected chi connectivity index (χ3v) is 13.0. The van der Waals surface area contributed by atoms with Gasteiger partial charge in [-0.25, -0.2) is 0 Å². The molecular weight excluding hydrogens is 424 g/mol. The molecule has 4 nitrogen and oxygen atoms in total. The van der Waals surface area contributed by atoms with Crippen LogP contribution in [0.4, 0.5) is 0 Å². The molecular formula is C30H50O4. The van der Waals surface area contributed by atoms with E-state index < -0.39 is 29.3 Å². The lowest BCUT2D eigenvalue weighted by atomic mass is 9.43. The van der Waals surface area contributed by atoms with Crippen LogP contribution in [0.15, 0.2) is 11.6 Å². The number of aliphatic hydroxyl groups is 4. The second kappa shape index (κ2) is 7.79. The molecule has 0 bridgehead atoms. The molecule has 0 unspecified atom stereocenters. The number of rotatable bonds is 4. The van der Waals surface area contributed by atoms with Crippen molar-refractivity contribution in [1.29, 1.82) is 0 Å². The van der Waals surface area contributed by atoms with Crippen molar-refractivity contribution in [2.24, 2.45) is 57.7 Å². The Kier molecular flexibility index (Phi) is 5.78. The summed E-state index contributed by atoms with van der Waals surface area (Å²) in [7, 11) is 0. The second-order valence-corrected chi connectivity index (χ2v) is 14.5. The number of hydrogen-bond acceptors (Lipinski definition) is 4. The molecule has 5 aliphatic carbocycles. The summed E-state index contributed by atoms with van der Waals surface area (Å²) >= 11 is 0. The van der Waals surface area contributed by atoms with E-state index in [9.17, 15) is 20.4 Å². The molecule has 4 saturated carbocycles. The van der Waals surface area contributed by atoms with Gasteiger partial charge in [0.15, 0.2) is 0 Å². The highest BCUT2D eigenvalue weighted by molar-refractivity contribution is 5.34. The number of hydrogen-bond donors (Lipinski definition) is 4. The fraction of sp³-hybridized carbons (Fsp3) is 0.933. The molecule has 34 heavy (non-hydrogen) atoms. The average molecular weight is 475 g/mol. The van der Waals surface area contributed by atoms with Gasteiger partial charge in [-0.1, -0.05) is 60.1 Å². The van der Waals surface area contributed by atoms with E-state index in [1.807, 2.05) is 6.08 Å².